The summed E-state index contributed by atoms with van der Waals surface area (Å²) < 4.78 is 12.4. The molecule has 2 aliphatic heterocycles. The van der Waals surface area contributed by atoms with Gasteiger partial charge in [-0.15, -0.1) is 0 Å². The molecule has 6 rings (SSSR count). The Morgan fingerprint density at radius 2 is 1.84 bits per heavy atom. The van der Waals surface area contributed by atoms with E-state index in [1.165, 1.54) is 0 Å². The molecule has 192 valence electrons. The fraction of sp³-hybridized carbons (Fsp3) is 0.385. The first-order valence-corrected chi connectivity index (χ1v) is 12.3. The number of rotatable bonds is 7. The van der Waals surface area contributed by atoms with Gasteiger partial charge in [-0.3, -0.25) is 19.3 Å². The molecular formula is C26H26N4O7. The molecule has 1 atom stereocenters. The standard InChI is InChI=1S/C26H26N4O7/c27-24(34)18-3-1-4-29(18)5-2-6-30-22-20(15-7-13(10-31)14(11-32)8-16(15)26(30)35)23(33)17-9-19-25(28-21(17)22)37-12-36-19/h7-9,18,31-32H,1-6,10-12H2,(H2,27,34)/t18-/m0/s1. The summed E-state index contributed by atoms with van der Waals surface area (Å²) in [6, 6.07) is 4.41. The molecule has 0 saturated carbocycles. The maximum atomic E-state index is 13.8. The van der Waals surface area contributed by atoms with Crippen LogP contribution in [-0.2, 0) is 24.6 Å². The molecule has 3 aliphatic rings. The summed E-state index contributed by atoms with van der Waals surface area (Å²) in [5.41, 5.74) is 7.44. The Hall–Kier alpha value is -3.80. The quantitative estimate of drug-likeness (QED) is 0.327. The van der Waals surface area contributed by atoms with Crippen LogP contribution in [0.1, 0.15) is 46.3 Å². The average molecular weight is 507 g/mol. The number of benzene rings is 1. The van der Waals surface area contributed by atoms with Gasteiger partial charge in [-0.25, -0.2) is 4.98 Å². The minimum Gasteiger partial charge on any atom is -0.452 e. The minimum absolute atomic E-state index is 0.00252. The number of primary amides is 1. The Morgan fingerprint density at radius 1 is 1.08 bits per heavy atom. The summed E-state index contributed by atoms with van der Waals surface area (Å²) in [7, 11) is 0. The number of aliphatic hydroxyl groups excluding tert-OH is 2. The Morgan fingerprint density at radius 3 is 2.57 bits per heavy atom. The van der Waals surface area contributed by atoms with Crippen molar-refractivity contribution in [3.63, 3.8) is 0 Å². The third-order valence-corrected chi connectivity index (χ3v) is 7.51. The second-order valence-electron chi connectivity index (χ2n) is 9.54. The minimum atomic E-state index is -0.358. The molecule has 1 amide bonds. The summed E-state index contributed by atoms with van der Waals surface area (Å²) in [6.45, 7) is 0.885. The van der Waals surface area contributed by atoms with E-state index in [0.717, 1.165) is 19.4 Å². The van der Waals surface area contributed by atoms with E-state index in [-0.39, 0.29) is 61.1 Å². The lowest BCUT2D eigenvalue weighted by Gasteiger charge is -2.22. The molecule has 0 radical (unpaired) electrons. The molecule has 11 nitrogen and oxygen atoms in total. The van der Waals surface area contributed by atoms with Crippen LogP contribution in [0.2, 0.25) is 0 Å². The monoisotopic (exact) mass is 506 g/mol. The molecule has 4 N–H and O–H groups in total. The third-order valence-electron chi connectivity index (χ3n) is 7.51. The van der Waals surface area contributed by atoms with E-state index in [1.807, 2.05) is 4.90 Å². The lowest BCUT2D eigenvalue weighted by Crippen LogP contribution is -2.41. The van der Waals surface area contributed by atoms with E-state index < -0.39 is 0 Å². The number of ketones is 1. The molecule has 1 saturated heterocycles. The Kier molecular flexibility index (Phi) is 5.70. The molecule has 1 aromatic carbocycles. The highest BCUT2D eigenvalue weighted by atomic mass is 16.7. The van der Waals surface area contributed by atoms with Crippen LogP contribution < -0.4 is 20.8 Å². The Labute approximate surface area is 211 Å². The molecule has 11 heteroatoms. The zero-order valence-electron chi connectivity index (χ0n) is 20.0. The van der Waals surface area contributed by atoms with Gasteiger partial charge in [0.15, 0.2) is 11.5 Å². The van der Waals surface area contributed by atoms with Crippen molar-refractivity contribution in [3.8, 4) is 23.0 Å². The number of aromatic nitrogens is 2. The number of ether oxygens (including phenoxy) is 2. The predicted octanol–water partition coefficient (Wildman–Crippen LogP) is 0.661. The van der Waals surface area contributed by atoms with Gasteiger partial charge in [0.05, 0.1) is 36.1 Å². The van der Waals surface area contributed by atoms with E-state index in [0.29, 0.717) is 57.7 Å². The van der Waals surface area contributed by atoms with Gasteiger partial charge in [-0.1, -0.05) is 0 Å². The number of aliphatic hydroxyl groups is 2. The van der Waals surface area contributed by atoms with Crippen LogP contribution in [0, 0.1) is 0 Å². The number of likely N-dealkylation sites (tertiary alicyclic amines) is 1. The fourth-order valence-electron chi connectivity index (χ4n) is 5.74. The second kappa shape index (κ2) is 8.94. The molecule has 0 spiro atoms. The normalized spacial score (nSPS) is 18.0. The van der Waals surface area contributed by atoms with E-state index >= 15 is 0 Å². The van der Waals surface area contributed by atoms with Gasteiger partial charge in [0.25, 0.3) is 11.4 Å². The number of carbonyl (C=O) groups excluding carboxylic acids is 2. The van der Waals surface area contributed by atoms with Gasteiger partial charge in [0.1, 0.15) is 5.69 Å². The van der Waals surface area contributed by atoms with Crippen LogP contribution in [-0.4, -0.2) is 62.3 Å². The average Bonchev–Trinajstić information content (AvgIpc) is 3.62. The number of hydrogen-bond donors (Lipinski definition) is 3. The first kappa shape index (κ1) is 23.6. The van der Waals surface area contributed by atoms with Crippen molar-refractivity contribution in [2.24, 2.45) is 5.73 Å². The van der Waals surface area contributed by atoms with Crippen molar-refractivity contribution in [2.45, 2.75) is 45.1 Å². The van der Waals surface area contributed by atoms with Crippen LogP contribution in [0.15, 0.2) is 23.0 Å². The van der Waals surface area contributed by atoms with Crippen LogP contribution in [0.4, 0.5) is 0 Å². The van der Waals surface area contributed by atoms with E-state index in [1.54, 1.807) is 22.8 Å². The third kappa shape index (κ3) is 3.61. The summed E-state index contributed by atoms with van der Waals surface area (Å²) >= 11 is 0. The lowest BCUT2D eigenvalue weighted by atomic mass is 9.97. The highest BCUT2D eigenvalue weighted by Crippen LogP contribution is 2.43. The van der Waals surface area contributed by atoms with E-state index in [9.17, 15) is 24.6 Å². The maximum Gasteiger partial charge on any atom is 0.260 e. The largest absolute Gasteiger partial charge is 0.452 e. The number of pyridine rings is 2. The SMILES string of the molecule is NC(=O)[C@@H]1CCCN1CCCn1c2c(c3cc(CO)c(CO)cc3c1=O)C(=O)c1cc3c(nc1-2)OCO3. The number of nitrogens with zero attached hydrogens (tertiary/aromatic N) is 3. The summed E-state index contributed by atoms with van der Waals surface area (Å²) in [5, 5.41) is 20.3. The number of amides is 1. The highest BCUT2D eigenvalue weighted by Gasteiger charge is 2.37. The maximum absolute atomic E-state index is 13.8. The van der Waals surface area contributed by atoms with Crippen molar-refractivity contribution in [3.05, 3.63) is 50.8 Å². The van der Waals surface area contributed by atoms with Gasteiger partial charge < -0.3 is 30.0 Å². The van der Waals surface area contributed by atoms with Gasteiger partial charge in [-0.2, -0.15) is 0 Å². The second-order valence-corrected chi connectivity index (χ2v) is 9.54. The molecule has 0 unspecified atom stereocenters. The molecule has 1 fully saturated rings. The molecule has 1 aliphatic carbocycles. The lowest BCUT2D eigenvalue weighted by molar-refractivity contribution is -0.122. The summed E-state index contributed by atoms with van der Waals surface area (Å²) in [5.74, 6) is -0.0319. The number of hydrogen-bond acceptors (Lipinski definition) is 9. The molecule has 37 heavy (non-hydrogen) atoms. The number of fused-ring (bicyclic) bond motifs is 6. The van der Waals surface area contributed by atoms with Crippen molar-refractivity contribution < 1.29 is 29.3 Å². The van der Waals surface area contributed by atoms with Crippen LogP contribution >= 0.6 is 0 Å². The number of carbonyl (C=O) groups is 2. The molecular weight excluding hydrogens is 480 g/mol. The topological polar surface area (TPSA) is 157 Å². The van der Waals surface area contributed by atoms with Crippen LogP contribution in [0.3, 0.4) is 0 Å². The fourth-order valence-corrected chi connectivity index (χ4v) is 5.74. The van der Waals surface area contributed by atoms with Gasteiger partial charge in [0, 0.05) is 23.9 Å². The van der Waals surface area contributed by atoms with Gasteiger partial charge in [-0.05, 0) is 55.1 Å². The van der Waals surface area contributed by atoms with Crippen LogP contribution in [0.5, 0.6) is 11.6 Å². The number of nitrogens with two attached hydrogens (primary N) is 1. The first-order chi connectivity index (χ1) is 17.9. The Balaban J connectivity index is 1.50. The molecule has 4 heterocycles. The zero-order chi connectivity index (χ0) is 25.8. The molecule has 3 aromatic rings. The van der Waals surface area contributed by atoms with Gasteiger partial charge in [0.2, 0.25) is 12.7 Å². The molecule has 2 aromatic heterocycles. The van der Waals surface area contributed by atoms with Gasteiger partial charge >= 0.3 is 0 Å². The zero-order valence-corrected chi connectivity index (χ0v) is 20.0. The van der Waals surface area contributed by atoms with Crippen molar-refractivity contribution in [2.75, 3.05) is 19.9 Å². The first-order valence-electron chi connectivity index (χ1n) is 12.3. The van der Waals surface area contributed by atoms with Crippen LogP contribution in [0.25, 0.3) is 22.2 Å². The summed E-state index contributed by atoms with van der Waals surface area (Å²) in [4.78, 5) is 45.9. The smallest absolute Gasteiger partial charge is 0.260 e. The van der Waals surface area contributed by atoms with E-state index in [4.69, 9.17) is 15.2 Å². The highest BCUT2D eigenvalue weighted by molar-refractivity contribution is 6.26. The van der Waals surface area contributed by atoms with E-state index in [2.05, 4.69) is 4.98 Å². The Bertz CT molecular complexity index is 1530. The van der Waals surface area contributed by atoms with Crippen molar-refractivity contribution >= 4 is 22.5 Å². The summed E-state index contributed by atoms with van der Waals surface area (Å²) in [6.07, 6.45) is 2.14. The molecule has 0 bridgehead atoms. The van der Waals surface area contributed by atoms with Crippen molar-refractivity contribution in [1.29, 1.82) is 0 Å². The van der Waals surface area contributed by atoms with Crippen molar-refractivity contribution in [1.82, 2.24) is 14.5 Å². The predicted molar refractivity (Wildman–Crippen MR) is 131 cm³/mol.